The second kappa shape index (κ2) is 3.92. The van der Waals surface area contributed by atoms with Crippen molar-refractivity contribution in [1.82, 2.24) is 9.97 Å². The Morgan fingerprint density at radius 1 is 1.43 bits per heavy atom. The fraction of sp³-hybridized carbons (Fsp3) is 0.600. The fourth-order valence-electron chi connectivity index (χ4n) is 1.60. The van der Waals surface area contributed by atoms with Gasteiger partial charge in [-0.25, -0.2) is 4.98 Å². The molecule has 1 aromatic rings. The zero-order valence-electron chi connectivity index (χ0n) is 8.48. The molecule has 0 saturated heterocycles. The molecular formula is C10H16N4. The van der Waals surface area contributed by atoms with E-state index in [1.807, 2.05) is 6.20 Å². The van der Waals surface area contributed by atoms with Gasteiger partial charge in [0.05, 0.1) is 18.1 Å². The van der Waals surface area contributed by atoms with E-state index in [0.29, 0.717) is 12.6 Å². The summed E-state index contributed by atoms with van der Waals surface area (Å²) in [6.07, 6.45) is 6.16. The standard InChI is InChI=1S/C10H16N4/c1-2-14(9-3-4-9)10-7-12-8(5-11)6-13-10/h6-7,9H,2-5,11H2,1H3. The summed E-state index contributed by atoms with van der Waals surface area (Å²) in [5.74, 6) is 0.979. The van der Waals surface area contributed by atoms with E-state index in [2.05, 4.69) is 21.8 Å². The first-order chi connectivity index (χ1) is 6.85. The number of hydrogen-bond donors (Lipinski definition) is 1. The molecule has 0 spiro atoms. The van der Waals surface area contributed by atoms with Crippen molar-refractivity contribution in [3.8, 4) is 0 Å². The first-order valence-corrected chi connectivity index (χ1v) is 5.12. The summed E-state index contributed by atoms with van der Waals surface area (Å²) < 4.78 is 0. The van der Waals surface area contributed by atoms with Crippen molar-refractivity contribution in [1.29, 1.82) is 0 Å². The van der Waals surface area contributed by atoms with Crippen LogP contribution in [-0.4, -0.2) is 22.6 Å². The van der Waals surface area contributed by atoms with Gasteiger partial charge in [0.15, 0.2) is 0 Å². The van der Waals surface area contributed by atoms with Gasteiger partial charge in [-0.15, -0.1) is 0 Å². The van der Waals surface area contributed by atoms with Gasteiger partial charge in [-0.05, 0) is 19.8 Å². The summed E-state index contributed by atoms with van der Waals surface area (Å²) >= 11 is 0. The Bertz CT molecular complexity index is 291. The zero-order valence-corrected chi connectivity index (χ0v) is 8.48. The predicted molar refractivity (Wildman–Crippen MR) is 56.0 cm³/mol. The molecule has 2 N–H and O–H groups in total. The number of hydrogen-bond acceptors (Lipinski definition) is 4. The third-order valence-electron chi connectivity index (χ3n) is 2.52. The van der Waals surface area contributed by atoms with Crippen LogP contribution in [0.15, 0.2) is 12.4 Å². The quantitative estimate of drug-likeness (QED) is 0.771. The molecule has 0 amide bonds. The Balaban J connectivity index is 2.13. The largest absolute Gasteiger partial charge is 0.353 e. The van der Waals surface area contributed by atoms with Crippen LogP contribution in [0.2, 0.25) is 0 Å². The maximum absolute atomic E-state index is 5.46. The maximum atomic E-state index is 5.46. The van der Waals surface area contributed by atoms with Crippen molar-refractivity contribution in [2.24, 2.45) is 5.73 Å². The molecule has 1 fully saturated rings. The van der Waals surface area contributed by atoms with Crippen LogP contribution < -0.4 is 10.6 Å². The van der Waals surface area contributed by atoms with Crippen molar-refractivity contribution in [3.63, 3.8) is 0 Å². The summed E-state index contributed by atoms with van der Waals surface area (Å²) in [6, 6.07) is 0.693. The van der Waals surface area contributed by atoms with Crippen molar-refractivity contribution in [2.75, 3.05) is 11.4 Å². The number of rotatable bonds is 4. The molecule has 1 aliphatic carbocycles. The summed E-state index contributed by atoms with van der Waals surface area (Å²) in [4.78, 5) is 10.9. The highest BCUT2D eigenvalue weighted by molar-refractivity contribution is 5.38. The number of nitrogens with two attached hydrogens (primary N) is 1. The van der Waals surface area contributed by atoms with Crippen molar-refractivity contribution in [3.05, 3.63) is 18.1 Å². The molecular weight excluding hydrogens is 176 g/mol. The molecule has 0 radical (unpaired) electrons. The third-order valence-corrected chi connectivity index (χ3v) is 2.52. The molecule has 76 valence electrons. The first kappa shape index (κ1) is 9.40. The zero-order chi connectivity index (χ0) is 9.97. The Morgan fingerprint density at radius 3 is 2.64 bits per heavy atom. The van der Waals surface area contributed by atoms with Crippen LogP contribution in [0.1, 0.15) is 25.5 Å². The van der Waals surface area contributed by atoms with Crippen LogP contribution in [-0.2, 0) is 6.54 Å². The second-order valence-electron chi connectivity index (χ2n) is 3.59. The van der Waals surface area contributed by atoms with E-state index >= 15 is 0 Å². The Kier molecular flexibility index (Phi) is 2.63. The van der Waals surface area contributed by atoms with Gasteiger partial charge in [0, 0.05) is 19.1 Å². The molecule has 4 nitrogen and oxygen atoms in total. The summed E-state index contributed by atoms with van der Waals surface area (Å²) in [5.41, 5.74) is 6.31. The minimum atomic E-state index is 0.461. The average Bonchev–Trinajstić information content (AvgIpc) is 3.04. The lowest BCUT2D eigenvalue weighted by Gasteiger charge is -2.20. The van der Waals surface area contributed by atoms with Crippen molar-refractivity contribution >= 4 is 5.82 Å². The topological polar surface area (TPSA) is 55.0 Å². The lowest BCUT2D eigenvalue weighted by atomic mass is 10.4. The van der Waals surface area contributed by atoms with Gasteiger partial charge < -0.3 is 10.6 Å². The lowest BCUT2D eigenvalue weighted by Crippen LogP contribution is -2.26. The van der Waals surface area contributed by atoms with Gasteiger partial charge in [0.25, 0.3) is 0 Å². The molecule has 1 aromatic heterocycles. The predicted octanol–water partition coefficient (Wildman–Crippen LogP) is 0.924. The SMILES string of the molecule is CCN(c1cnc(CN)cn1)C1CC1. The molecule has 1 saturated carbocycles. The molecule has 1 heterocycles. The highest BCUT2D eigenvalue weighted by Gasteiger charge is 2.28. The molecule has 1 aliphatic rings. The van der Waals surface area contributed by atoms with Gasteiger partial charge in [-0.1, -0.05) is 0 Å². The third kappa shape index (κ3) is 1.85. The van der Waals surface area contributed by atoms with Gasteiger partial charge in [0.1, 0.15) is 5.82 Å². The van der Waals surface area contributed by atoms with Crippen LogP contribution in [0.3, 0.4) is 0 Å². The molecule has 0 bridgehead atoms. The van der Waals surface area contributed by atoms with E-state index in [9.17, 15) is 0 Å². The smallest absolute Gasteiger partial charge is 0.147 e. The van der Waals surface area contributed by atoms with Crippen molar-refractivity contribution in [2.45, 2.75) is 32.4 Å². The monoisotopic (exact) mass is 192 g/mol. The van der Waals surface area contributed by atoms with E-state index in [1.54, 1.807) is 6.20 Å². The highest BCUT2D eigenvalue weighted by Crippen LogP contribution is 2.29. The van der Waals surface area contributed by atoms with Crippen LogP contribution in [0, 0.1) is 0 Å². The van der Waals surface area contributed by atoms with Crippen LogP contribution >= 0.6 is 0 Å². The van der Waals surface area contributed by atoms with Gasteiger partial charge in [-0.2, -0.15) is 0 Å². The summed E-state index contributed by atoms with van der Waals surface area (Å²) in [6.45, 7) is 3.61. The van der Waals surface area contributed by atoms with E-state index < -0.39 is 0 Å². The first-order valence-electron chi connectivity index (χ1n) is 5.12. The molecule has 0 atom stereocenters. The minimum absolute atomic E-state index is 0.461. The summed E-state index contributed by atoms with van der Waals surface area (Å²) in [7, 11) is 0. The van der Waals surface area contributed by atoms with Gasteiger partial charge in [-0.3, -0.25) is 4.98 Å². The average molecular weight is 192 g/mol. The van der Waals surface area contributed by atoms with E-state index in [1.165, 1.54) is 12.8 Å². The number of anilines is 1. The van der Waals surface area contributed by atoms with Crippen LogP contribution in [0.5, 0.6) is 0 Å². The van der Waals surface area contributed by atoms with E-state index in [0.717, 1.165) is 18.1 Å². The fourth-order valence-corrected chi connectivity index (χ4v) is 1.60. The Morgan fingerprint density at radius 2 is 2.21 bits per heavy atom. The molecule has 0 aromatic carbocycles. The van der Waals surface area contributed by atoms with Gasteiger partial charge >= 0.3 is 0 Å². The molecule has 2 rings (SSSR count). The Hall–Kier alpha value is -1.16. The number of aromatic nitrogens is 2. The van der Waals surface area contributed by atoms with Crippen LogP contribution in [0.25, 0.3) is 0 Å². The molecule has 4 heteroatoms. The van der Waals surface area contributed by atoms with Gasteiger partial charge in [0.2, 0.25) is 0 Å². The molecule has 0 unspecified atom stereocenters. The maximum Gasteiger partial charge on any atom is 0.147 e. The minimum Gasteiger partial charge on any atom is -0.353 e. The lowest BCUT2D eigenvalue weighted by molar-refractivity contribution is 0.798. The van der Waals surface area contributed by atoms with E-state index in [-0.39, 0.29) is 0 Å². The second-order valence-corrected chi connectivity index (χ2v) is 3.59. The highest BCUT2D eigenvalue weighted by atomic mass is 15.2. The number of nitrogens with zero attached hydrogens (tertiary/aromatic N) is 3. The summed E-state index contributed by atoms with van der Waals surface area (Å²) in [5, 5.41) is 0. The van der Waals surface area contributed by atoms with Crippen LogP contribution in [0.4, 0.5) is 5.82 Å². The van der Waals surface area contributed by atoms with E-state index in [4.69, 9.17) is 5.73 Å². The normalized spacial score (nSPS) is 15.6. The Labute approximate surface area is 84.2 Å². The molecule has 0 aliphatic heterocycles. The van der Waals surface area contributed by atoms with Crippen molar-refractivity contribution < 1.29 is 0 Å². The molecule has 14 heavy (non-hydrogen) atoms.